The van der Waals surface area contributed by atoms with E-state index < -0.39 is 0 Å². The van der Waals surface area contributed by atoms with Crippen molar-refractivity contribution in [2.45, 2.75) is 52.3 Å². The van der Waals surface area contributed by atoms with Crippen LogP contribution in [-0.4, -0.2) is 36.4 Å². The zero-order valence-electron chi connectivity index (χ0n) is 10.5. The Bertz CT molecular complexity index is 178. The lowest BCUT2D eigenvalue weighted by atomic mass is 9.83. The summed E-state index contributed by atoms with van der Waals surface area (Å²) in [7, 11) is 0. The quantitative estimate of drug-likeness (QED) is 0.653. The zero-order chi connectivity index (χ0) is 11.4. The Hall–Kier alpha value is -0.120. The average Bonchev–Trinajstić information content (AvgIpc) is 2.27. The van der Waals surface area contributed by atoms with E-state index in [1.165, 1.54) is 0 Å². The van der Waals surface area contributed by atoms with Crippen LogP contribution in [0, 0.1) is 11.8 Å². The molecule has 15 heavy (non-hydrogen) atoms. The molecule has 5 unspecified atom stereocenters. The van der Waals surface area contributed by atoms with Gasteiger partial charge in [-0.1, -0.05) is 20.8 Å². The van der Waals surface area contributed by atoms with E-state index in [-0.39, 0.29) is 6.10 Å². The minimum Gasteiger partial charge on any atom is -0.393 e. The molecule has 0 amide bonds. The molecular formula is C12H26N2O. The van der Waals surface area contributed by atoms with Crippen molar-refractivity contribution < 1.29 is 5.11 Å². The minimum absolute atomic E-state index is 0.166. The van der Waals surface area contributed by atoms with E-state index in [4.69, 9.17) is 0 Å². The van der Waals surface area contributed by atoms with Crippen LogP contribution in [0.1, 0.15) is 34.1 Å². The third kappa shape index (κ3) is 3.44. The van der Waals surface area contributed by atoms with Gasteiger partial charge in [0.05, 0.1) is 6.10 Å². The van der Waals surface area contributed by atoms with Crippen LogP contribution < -0.4 is 10.6 Å². The number of piperazine rings is 1. The fourth-order valence-electron chi connectivity index (χ4n) is 2.26. The Labute approximate surface area is 93.6 Å². The summed E-state index contributed by atoms with van der Waals surface area (Å²) in [5.41, 5.74) is 0. The number of aliphatic hydroxyl groups excluding tert-OH is 1. The van der Waals surface area contributed by atoms with Gasteiger partial charge in [-0.25, -0.2) is 0 Å². The van der Waals surface area contributed by atoms with Crippen LogP contribution in [0.3, 0.4) is 0 Å². The maximum atomic E-state index is 9.83. The van der Waals surface area contributed by atoms with Gasteiger partial charge in [-0.15, -0.1) is 0 Å². The highest BCUT2D eigenvalue weighted by atomic mass is 16.3. The van der Waals surface area contributed by atoms with Gasteiger partial charge in [-0.05, 0) is 25.2 Å². The molecule has 0 bridgehead atoms. The first-order chi connectivity index (χ1) is 7.06. The summed E-state index contributed by atoms with van der Waals surface area (Å²) in [4.78, 5) is 0. The normalized spacial score (nSPS) is 33.4. The molecule has 3 nitrogen and oxygen atoms in total. The molecule has 0 aromatic carbocycles. The van der Waals surface area contributed by atoms with Gasteiger partial charge in [-0.2, -0.15) is 0 Å². The molecule has 0 aromatic rings. The molecular weight excluding hydrogens is 188 g/mol. The van der Waals surface area contributed by atoms with Crippen molar-refractivity contribution in [2.75, 3.05) is 13.1 Å². The van der Waals surface area contributed by atoms with Crippen molar-refractivity contribution in [1.29, 1.82) is 0 Å². The Morgan fingerprint density at radius 1 is 1.27 bits per heavy atom. The fraction of sp³-hybridized carbons (Fsp3) is 1.00. The number of aliphatic hydroxyl groups is 1. The molecule has 1 saturated heterocycles. The summed E-state index contributed by atoms with van der Waals surface area (Å²) in [6, 6.07) is 1.07. The van der Waals surface area contributed by atoms with Gasteiger partial charge in [0.2, 0.25) is 0 Å². The second-order valence-electron chi connectivity index (χ2n) is 5.02. The molecule has 3 N–H and O–H groups in total. The second-order valence-corrected chi connectivity index (χ2v) is 5.02. The van der Waals surface area contributed by atoms with Gasteiger partial charge in [0, 0.05) is 25.2 Å². The first kappa shape index (κ1) is 12.9. The van der Waals surface area contributed by atoms with Gasteiger partial charge in [0.15, 0.2) is 0 Å². The predicted molar refractivity (Wildman–Crippen MR) is 63.9 cm³/mol. The van der Waals surface area contributed by atoms with Gasteiger partial charge in [0.25, 0.3) is 0 Å². The van der Waals surface area contributed by atoms with Crippen LogP contribution >= 0.6 is 0 Å². The number of hydrogen-bond acceptors (Lipinski definition) is 3. The van der Waals surface area contributed by atoms with Crippen molar-refractivity contribution in [3.8, 4) is 0 Å². The maximum Gasteiger partial charge on any atom is 0.0566 e. The Morgan fingerprint density at radius 3 is 2.40 bits per heavy atom. The van der Waals surface area contributed by atoms with Crippen molar-refractivity contribution in [1.82, 2.24) is 10.6 Å². The number of hydrogen-bond donors (Lipinski definition) is 3. The molecule has 3 heteroatoms. The molecule has 0 radical (unpaired) electrons. The first-order valence-corrected chi connectivity index (χ1v) is 6.21. The highest BCUT2D eigenvalue weighted by Gasteiger charge is 2.28. The van der Waals surface area contributed by atoms with E-state index in [9.17, 15) is 5.11 Å². The van der Waals surface area contributed by atoms with Crippen LogP contribution in [0.4, 0.5) is 0 Å². The summed E-state index contributed by atoms with van der Waals surface area (Å²) in [6.07, 6.45) is 0.684. The zero-order valence-corrected chi connectivity index (χ0v) is 10.5. The van der Waals surface area contributed by atoms with Crippen LogP contribution in [0.15, 0.2) is 0 Å². The Kier molecular flexibility index (Phi) is 5.03. The van der Waals surface area contributed by atoms with Crippen molar-refractivity contribution in [3.63, 3.8) is 0 Å². The predicted octanol–water partition coefficient (Wildman–Crippen LogP) is 0.979. The third-order valence-electron chi connectivity index (χ3n) is 3.86. The maximum absolute atomic E-state index is 9.83. The van der Waals surface area contributed by atoms with Crippen LogP contribution in [0.5, 0.6) is 0 Å². The molecule has 1 aliphatic rings. The highest BCUT2D eigenvalue weighted by Crippen LogP contribution is 2.21. The standard InChI is InChI=1S/C12H26N2O/c1-5-12(15)10(4)9(3)11-7-13-8(2)6-14-11/h8-15H,5-7H2,1-4H3. The lowest BCUT2D eigenvalue weighted by Crippen LogP contribution is -2.57. The Morgan fingerprint density at radius 2 is 1.93 bits per heavy atom. The van der Waals surface area contributed by atoms with Gasteiger partial charge >= 0.3 is 0 Å². The van der Waals surface area contributed by atoms with E-state index >= 15 is 0 Å². The van der Waals surface area contributed by atoms with E-state index in [1.54, 1.807) is 0 Å². The van der Waals surface area contributed by atoms with E-state index in [1.807, 2.05) is 6.92 Å². The second kappa shape index (κ2) is 5.83. The summed E-state index contributed by atoms with van der Waals surface area (Å²) in [5.74, 6) is 0.877. The Balaban J connectivity index is 2.42. The van der Waals surface area contributed by atoms with Crippen molar-refractivity contribution >= 4 is 0 Å². The van der Waals surface area contributed by atoms with Crippen LogP contribution in [0.25, 0.3) is 0 Å². The molecule has 5 atom stereocenters. The highest BCUT2D eigenvalue weighted by molar-refractivity contribution is 4.87. The lowest BCUT2D eigenvalue weighted by molar-refractivity contribution is 0.0676. The topological polar surface area (TPSA) is 44.3 Å². The smallest absolute Gasteiger partial charge is 0.0566 e. The molecule has 0 aliphatic carbocycles. The molecule has 1 fully saturated rings. The first-order valence-electron chi connectivity index (χ1n) is 6.21. The monoisotopic (exact) mass is 214 g/mol. The molecule has 1 rings (SSSR count). The third-order valence-corrected chi connectivity index (χ3v) is 3.86. The van der Waals surface area contributed by atoms with Gasteiger partial charge < -0.3 is 15.7 Å². The number of rotatable bonds is 4. The minimum atomic E-state index is -0.166. The van der Waals surface area contributed by atoms with Crippen molar-refractivity contribution in [3.05, 3.63) is 0 Å². The van der Waals surface area contributed by atoms with Gasteiger partial charge in [-0.3, -0.25) is 0 Å². The van der Waals surface area contributed by atoms with E-state index in [0.29, 0.717) is 23.9 Å². The number of nitrogens with one attached hydrogen (secondary N) is 2. The van der Waals surface area contributed by atoms with Crippen LogP contribution in [-0.2, 0) is 0 Å². The molecule has 1 aliphatic heterocycles. The summed E-state index contributed by atoms with van der Waals surface area (Å²) < 4.78 is 0. The summed E-state index contributed by atoms with van der Waals surface area (Å²) >= 11 is 0. The molecule has 0 saturated carbocycles. The van der Waals surface area contributed by atoms with Crippen LogP contribution in [0.2, 0.25) is 0 Å². The molecule has 0 aromatic heterocycles. The SMILES string of the molecule is CCC(O)C(C)C(C)C1CNC(C)CN1. The lowest BCUT2D eigenvalue weighted by Gasteiger charge is -2.37. The summed E-state index contributed by atoms with van der Waals surface area (Å²) in [5, 5.41) is 16.9. The molecule has 0 spiro atoms. The largest absolute Gasteiger partial charge is 0.393 e. The molecule has 1 heterocycles. The van der Waals surface area contributed by atoms with E-state index in [0.717, 1.165) is 19.5 Å². The van der Waals surface area contributed by atoms with Gasteiger partial charge in [0.1, 0.15) is 0 Å². The van der Waals surface area contributed by atoms with Crippen molar-refractivity contribution in [2.24, 2.45) is 11.8 Å². The summed E-state index contributed by atoms with van der Waals surface area (Å²) in [6.45, 7) is 10.7. The fourth-order valence-corrected chi connectivity index (χ4v) is 2.26. The molecule has 90 valence electrons. The average molecular weight is 214 g/mol. The van der Waals surface area contributed by atoms with E-state index in [2.05, 4.69) is 31.4 Å².